The van der Waals surface area contributed by atoms with Gasteiger partial charge in [-0.2, -0.15) is 0 Å². The van der Waals surface area contributed by atoms with Crippen molar-refractivity contribution in [2.45, 2.75) is 26.7 Å². The summed E-state index contributed by atoms with van der Waals surface area (Å²) in [7, 11) is 0. The molecule has 4 aromatic heterocycles. The average molecular weight is 693 g/mol. The summed E-state index contributed by atoms with van der Waals surface area (Å²) in [6, 6.07) is 53.2. The fourth-order valence-corrected chi connectivity index (χ4v) is 9.09. The number of nitrogens with zero attached hydrogens (tertiary/aromatic N) is 4. The lowest BCUT2D eigenvalue weighted by Crippen LogP contribution is -2.07. The maximum atomic E-state index is 4.91. The molecule has 4 heteroatoms. The molecular formula is C50H36N4. The van der Waals surface area contributed by atoms with Crippen LogP contribution in [-0.4, -0.2) is 19.1 Å². The monoisotopic (exact) mass is 692 g/mol. The highest BCUT2D eigenvalue weighted by Gasteiger charge is 2.26. The molecule has 4 heterocycles. The van der Waals surface area contributed by atoms with E-state index >= 15 is 0 Å². The van der Waals surface area contributed by atoms with Crippen molar-refractivity contribution in [3.63, 3.8) is 0 Å². The van der Waals surface area contributed by atoms with Gasteiger partial charge in [0, 0.05) is 33.9 Å². The summed E-state index contributed by atoms with van der Waals surface area (Å²) in [5.41, 5.74) is 17.7. The van der Waals surface area contributed by atoms with Gasteiger partial charge in [-0.05, 0) is 143 Å². The van der Waals surface area contributed by atoms with Crippen molar-refractivity contribution in [2.75, 3.05) is 0 Å². The zero-order valence-electron chi connectivity index (χ0n) is 30.2. The maximum Gasteiger partial charge on any atom is 0.137 e. The van der Waals surface area contributed by atoms with E-state index in [0.717, 1.165) is 24.5 Å². The van der Waals surface area contributed by atoms with E-state index in [0.29, 0.717) is 0 Å². The molecule has 0 spiro atoms. The van der Waals surface area contributed by atoms with E-state index in [-0.39, 0.29) is 0 Å². The minimum Gasteiger partial charge on any atom is -0.294 e. The number of pyridine rings is 2. The van der Waals surface area contributed by atoms with E-state index in [2.05, 4.69) is 156 Å². The van der Waals surface area contributed by atoms with Gasteiger partial charge in [-0.15, -0.1) is 0 Å². The quantitative estimate of drug-likeness (QED) is 0.184. The van der Waals surface area contributed by atoms with Crippen molar-refractivity contribution >= 4 is 43.6 Å². The first-order valence-electron chi connectivity index (χ1n) is 18.8. The minimum absolute atomic E-state index is 0.923. The Bertz CT molecular complexity index is 3060. The van der Waals surface area contributed by atoms with Crippen LogP contribution in [0.5, 0.6) is 0 Å². The Hall–Kier alpha value is -6.78. The molecule has 4 nitrogen and oxygen atoms in total. The number of benzene rings is 6. The number of hydrogen-bond donors (Lipinski definition) is 0. The van der Waals surface area contributed by atoms with E-state index in [1.807, 2.05) is 24.5 Å². The normalized spacial score (nSPS) is 12.5. The maximum absolute atomic E-state index is 4.91. The standard InChI is InChI=1S/C50H36N4/c1-31-11-3-5-13-36(31)33-19-24-46-42(27-33)40-22-21-38-39(50(40)54(46)49-16-8-10-26-52-49)20-17-35-29-44-43-28-34(37-14-6-4-12-32(37)2)18-23-45(43)53(47(44)30-41(35)38)48-15-7-9-25-51-48/h3-16,18-19,21-30H,17,20H2,1-2H3. The van der Waals surface area contributed by atoms with Gasteiger partial charge in [0.25, 0.3) is 0 Å². The van der Waals surface area contributed by atoms with Crippen molar-refractivity contribution in [3.8, 4) is 45.0 Å². The minimum atomic E-state index is 0.923. The van der Waals surface area contributed by atoms with Crippen molar-refractivity contribution in [1.29, 1.82) is 0 Å². The summed E-state index contributed by atoms with van der Waals surface area (Å²) in [6.07, 6.45) is 5.70. The Morgan fingerprint density at radius 3 is 1.63 bits per heavy atom. The van der Waals surface area contributed by atoms with Gasteiger partial charge < -0.3 is 0 Å². The molecule has 6 aromatic carbocycles. The van der Waals surface area contributed by atoms with Gasteiger partial charge in [-0.3, -0.25) is 9.13 Å². The third-order valence-electron chi connectivity index (χ3n) is 11.6. The van der Waals surface area contributed by atoms with Crippen molar-refractivity contribution in [1.82, 2.24) is 19.1 Å². The second kappa shape index (κ2) is 11.9. The zero-order chi connectivity index (χ0) is 35.9. The van der Waals surface area contributed by atoms with Crippen molar-refractivity contribution in [3.05, 3.63) is 180 Å². The lowest BCUT2D eigenvalue weighted by atomic mass is 9.83. The Kier molecular flexibility index (Phi) is 6.77. The van der Waals surface area contributed by atoms with Gasteiger partial charge >= 0.3 is 0 Å². The zero-order valence-corrected chi connectivity index (χ0v) is 30.2. The topological polar surface area (TPSA) is 35.6 Å². The predicted octanol–water partition coefficient (Wildman–Crippen LogP) is 12.4. The van der Waals surface area contributed by atoms with Gasteiger partial charge in [0.1, 0.15) is 11.6 Å². The molecule has 0 saturated carbocycles. The SMILES string of the molecule is Cc1ccccc1-c1ccc2c(c1)c1cc3c(cc1n2-c1ccccn1)-c1ccc2c4cc(-c5ccccc5C)ccc4n(-c4ccccn4)c2c1CC3. The van der Waals surface area contributed by atoms with E-state index in [4.69, 9.17) is 9.97 Å². The number of aryl methyl sites for hydroxylation is 4. The van der Waals surface area contributed by atoms with Gasteiger partial charge in [-0.25, -0.2) is 9.97 Å². The van der Waals surface area contributed by atoms with Crippen LogP contribution in [-0.2, 0) is 12.8 Å². The molecule has 10 aromatic rings. The second-order valence-electron chi connectivity index (χ2n) is 14.7. The molecule has 0 aliphatic heterocycles. The fraction of sp³-hybridized carbons (Fsp3) is 0.0800. The molecule has 0 saturated heterocycles. The number of aromatic nitrogens is 4. The summed E-state index contributed by atoms with van der Waals surface area (Å²) in [6.45, 7) is 4.38. The van der Waals surface area contributed by atoms with Gasteiger partial charge in [0.05, 0.1) is 22.1 Å². The Morgan fingerprint density at radius 2 is 1.00 bits per heavy atom. The third kappa shape index (κ3) is 4.56. The van der Waals surface area contributed by atoms with E-state index in [9.17, 15) is 0 Å². The molecular weight excluding hydrogens is 657 g/mol. The molecule has 0 unspecified atom stereocenters. The van der Waals surface area contributed by atoms with Crippen LogP contribution >= 0.6 is 0 Å². The summed E-state index contributed by atoms with van der Waals surface area (Å²) in [4.78, 5) is 9.78. The molecule has 0 N–H and O–H groups in total. The van der Waals surface area contributed by atoms with Crippen LogP contribution in [0.4, 0.5) is 0 Å². The lowest BCUT2D eigenvalue weighted by molar-refractivity contribution is 0.941. The lowest BCUT2D eigenvalue weighted by Gasteiger charge is -2.22. The molecule has 0 bridgehead atoms. The molecule has 0 atom stereocenters. The van der Waals surface area contributed by atoms with Crippen LogP contribution in [0.15, 0.2) is 158 Å². The molecule has 54 heavy (non-hydrogen) atoms. The van der Waals surface area contributed by atoms with Gasteiger partial charge in [-0.1, -0.05) is 84.9 Å². The number of rotatable bonds is 4. The van der Waals surface area contributed by atoms with E-state index < -0.39 is 0 Å². The van der Waals surface area contributed by atoms with Crippen LogP contribution in [0, 0.1) is 13.8 Å². The smallest absolute Gasteiger partial charge is 0.137 e. The highest BCUT2D eigenvalue weighted by Crippen LogP contribution is 2.45. The van der Waals surface area contributed by atoms with E-state index in [1.54, 1.807) is 0 Å². The summed E-state index contributed by atoms with van der Waals surface area (Å²) in [5.74, 6) is 1.86. The first-order chi connectivity index (χ1) is 26.6. The number of hydrogen-bond acceptors (Lipinski definition) is 2. The van der Waals surface area contributed by atoms with Crippen molar-refractivity contribution in [2.24, 2.45) is 0 Å². The first-order valence-corrected chi connectivity index (χ1v) is 18.8. The van der Waals surface area contributed by atoms with Crippen molar-refractivity contribution < 1.29 is 0 Å². The van der Waals surface area contributed by atoms with Crippen LogP contribution < -0.4 is 0 Å². The fourth-order valence-electron chi connectivity index (χ4n) is 9.09. The summed E-state index contributed by atoms with van der Waals surface area (Å²) >= 11 is 0. The highest BCUT2D eigenvalue weighted by atomic mass is 15.1. The second-order valence-corrected chi connectivity index (χ2v) is 14.7. The first kappa shape index (κ1) is 30.8. The highest BCUT2D eigenvalue weighted by molar-refractivity contribution is 6.15. The van der Waals surface area contributed by atoms with Crippen LogP contribution in [0.3, 0.4) is 0 Å². The number of fused-ring (bicyclic) bond motifs is 10. The molecule has 0 fully saturated rings. The molecule has 1 aliphatic rings. The molecule has 0 amide bonds. The summed E-state index contributed by atoms with van der Waals surface area (Å²) in [5, 5.41) is 5.03. The third-order valence-corrected chi connectivity index (χ3v) is 11.6. The Morgan fingerprint density at radius 1 is 0.426 bits per heavy atom. The van der Waals surface area contributed by atoms with Crippen LogP contribution in [0.1, 0.15) is 22.3 Å². The Labute approximate surface area is 313 Å². The molecule has 11 rings (SSSR count). The molecule has 0 radical (unpaired) electrons. The van der Waals surface area contributed by atoms with E-state index in [1.165, 1.54) is 99.2 Å². The van der Waals surface area contributed by atoms with Crippen LogP contribution in [0.2, 0.25) is 0 Å². The molecule has 1 aliphatic carbocycles. The Balaban J connectivity index is 1.18. The average Bonchev–Trinajstić information content (AvgIpc) is 3.72. The van der Waals surface area contributed by atoms with Gasteiger partial charge in [0.15, 0.2) is 0 Å². The summed E-state index contributed by atoms with van der Waals surface area (Å²) < 4.78 is 4.74. The van der Waals surface area contributed by atoms with Crippen LogP contribution in [0.25, 0.3) is 88.6 Å². The largest absolute Gasteiger partial charge is 0.294 e. The molecule has 256 valence electrons. The predicted molar refractivity (Wildman–Crippen MR) is 224 cm³/mol. The van der Waals surface area contributed by atoms with Gasteiger partial charge in [0.2, 0.25) is 0 Å².